The highest BCUT2D eigenvalue weighted by Gasteiger charge is 2.24. The van der Waals surface area contributed by atoms with Gasteiger partial charge in [-0.25, -0.2) is 0 Å². The van der Waals surface area contributed by atoms with Gasteiger partial charge in [-0.3, -0.25) is 0 Å². The van der Waals surface area contributed by atoms with Crippen molar-refractivity contribution in [1.82, 2.24) is 5.32 Å². The lowest BCUT2D eigenvalue weighted by Crippen LogP contribution is -2.22. The molecule has 1 aromatic carbocycles. The van der Waals surface area contributed by atoms with Gasteiger partial charge in [-0.1, -0.05) is 12.1 Å². The Hall–Kier alpha value is -1.06. The number of methoxy groups -OCH3 is 1. The number of hydrogen-bond donors (Lipinski definition) is 1. The first-order valence-corrected chi connectivity index (χ1v) is 7.83. The zero-order chi connectivity index (χ0) is 13.9. The minimum atomic E-state index is 0.690. The van der Waals surface area contributed by atoms with Gasteiger partial charge < -0.3 is 15.0 Å². The fourth-order valence-electron chi connectivity index (χ4n) is 3.16. The largest absolute Gasteiger partial charge is 0.384 e. The molecule has 0 aromatic heterocycles. The van der Waals surface area contributed by atoms with Crippen molar-refractivity contribution in [3.8, 4) is 0 Å². The fraction of sp³-hybridized carbons (Fsp3) is 0.647. The molecule has 3 nitrogen and oxygen atoms in total. The third-order valence-electron chi connectivity index (χ3n) is 4.46. The lowest BCUT2D eigenvalue weighted by molar-refractivity contribution is 0.161. The van der Waals surface area contributed by atoms with E-state index < -0.39 is 0 Å². The van der Waals surface area contributed by atoms with Crippen molar-refractivity contribution in [3.05, 3.63) is 29.3 Å². The first-order valence-electron chi connectivity index (χ1n) is 7.83. The Bertz CT molecular complexity index is 456. The minimum absolute atomic E-state index is 0.690. The van der Waals surface area contributed by atoms with Crippen LogP contribution in [0.1, 0.15) is 30.4 Å². The van der Waals surface area contributed by atoms with Crippen molar-refractivity contribution in [2.45, 2.75) is 38.8 Å². The first-order chi connectivity index (χ1) is 9.76. The SMILES string of the molecule is COCC1CCN(c2ccc(CNC3CC3)cc2C)C1. The molecule has 3 heteroatoms. The highest BCUT2D eigenvalue weighted by atomic mass is 16.5. The monoisotopic (exact) mass is 274 g/mol. The Kier molecular flexibility index (Phi) is 4.27. The van der Waals surface area contributed by atoms with Crippen LogP contribution >= 0.6 is 0 Å². The van der Waals surface area contributed by atoms with Gasteiger partial charge in [0.25, 0.3) is 0 Å². The molecule has 1 aromatic rings. The molecule has 1 unspecified atom stereocenters. The molecule has 0 radical (unpaired) electrons. The number of aryl methyl sites for hydroxylation is 1. The Morgan fingerprint density at radius 1 is 1.30 bits per heavy atom. The van der Waals surface area contributed by atoms with Crippen LogP contribution in [0.2, 0.25) is 0 Å². The molecule has 1 N–H and O–H groups in total. The van der Waals surface area contributed by atoms with Crippen LogP contribution in [0.4, 0.5) is 5.69 Å². The van der Waals surface area contributed by atoms with Gasteiger partial charge >= 0.3 is 0 Å². The summed E-state index contributed by atoms with van der Waals surface area (Å²) in [5, 5.41) is 3.58. The maximum absolute atomic E-state index is 5.28. The van der Waals surface area contributed by atoms with Crippen LogP contribution in [0.5, 0.6) is 0 Å². The molecule has 110 valence electrons. The second kappa shape index (κ2) is 6.15. The predicted octanol–water partition coefficient (Wildman–Crippen LogP) is 2.72. The molecular weight excluding hydrogens is 248 g/mol. The summed E-state index contributed by atoms with van der Waals surface area (Å²) in [6.07, 6.45) is 3.95. The van der Waals surface area contributed by atoms with E-state index in [1.807, 2.05) is 0 Å². The Morgan fingerprint density at radius 2 is 2.15 bits per heavy atom. The summed E-state index contributed by atoms with van der Waals surface area (Å²) in [6, 6.07) is 7.70. The van der Waals surface area contributed by atoms with E-state index in [1.54, 1.807) is 7.11 Å². The van der Waals surface area contributed by atoms with Crippen molar-refractivity contribution < 1.29 is 4.74 Å². The molecule has 2 aliphatic rings. The lowest BCUT2D eigenvalue weighted by atomic mass is 10.1. The molecule has 1 saturated heterocycles. The van der Waals surface area contributed by atoms with E-state index in [2.05, 4.69) is 35.3 Å². The third-order valence-corrected chi connectivity index (χ3v) is 4.46. The second-order valence-electron chi connectivity index (χ2n) is 6.33. The standard InChI is InChI=1S/C17H26N2O/c1-13-9-14(10-18-16-4-5-16)3-6-17(13)19-8-7-15(11-19)12-20-2/h3,6,9,15-16,18H,4-5,7-8,10-12H2,1-2H3. The van der Waals surface area contributed by atoms with Crippen molar-refractivity contribution in [3.63, 3.8) is 0 Å². The van der Waals surface area contributed by atoms with Crippen LogP contribution in [-0.4, -0.2) is 32.8 Å². The molecule has 1 atom stereocenters. The Balaban J connectivity index is 1.61. The average molecular weight is 274 g/mol. The van der Waals surface area contributed by atoms with Crippen LogP contribution in [0.25, 0.3) is 0 Å². The van der Waals surface area contributed by atoms with Gasteiger partial charge in [-0.2, -0.15) is 0 Å². The number of rotatable bonds is 6. The van der Waals surface area contributed by atoms with E-state index >= 15 is 0 Å². The smallest absolute Gasteiger partial charge is 0.0508 e. The van der Waals surface area contributed by atoms with Crippen LogP contribution in [-0.2, 0) is 11.3 Å². The van der Waals surface area contributed by atoms with E-state index in [4.69, 9.17) is 4.74 Å². The molecular formula is C17H26N2O. The summed E-state index contributed by atoms with van der Waals surface area (Å²) < 4.78 is 5.28. The summed E-state index contributed by atoms with van der Waals surface area (Å²) >= 11 is 0. The molecule has 0 bridgehead atoms. The van der Waals surface area contributed by atoms with Gasteiger partial charge in [0, 0.05) is 44.4 Å². The van der Waals surface area contributed by atoms with Gasteiger partial charge in [0.15, 0.2) is 0 Å². The minimum Gasteiger partial charge on any atom is -0.384 e. The summed E-state index contributed by atoms with van der Waals surface area (Å²) in [6.45, 7) is 6.43. The molecule has 3 rings (SSSR count). The van der Waals surface area contributed by atoms with Crippen molar-refractivity contribution in [2.75, 3.05) is 31.7 Å². The van der Waals surface area contributed by atoms with Gasteiger partial charge in [0.05, 0.1) is 6.61 Å². The number of nitrogens with zero attached hydrogens (tertiary/aromatic N) is 1. The molecule has 1 aliphatic heterocycles. The first kappa shape index (κ1) is 13.9. The zero-order valence-electron chi connectivity index (χ0n) is 12.7. The fourth-order valence-corrected chi connectivity index (χ4v) is 3.16. The number of nitrogens with one attached hydrogen (secondary N) is 1. The van der Waals surface area contributed by atoms with Gasteiger partial charge in [0.1, 0.15) is 0 Å². The normalized spacial score (nSPS) is 22.5. The van der Waals surface area contributed by atoms with Crippen LogP contribution in [0.15, 0.2) is 18.2 Å². The van der Waals surface area contributed by atoms with E-state index in [0.717, 1.165) is 32.3 Å². The van der Waals surface area contributed by atoms with E-state index in [-0.39, 0.29) is 0 Å². The number of ether oxygens (including phenoxy) is 1. The maximum atomic E-state index is 5.28. The molecule has 1 saturated carbocycles. The number of anilines is 1. The van der Waals surface area contributed by atoms with Crippen molar-refractivity contribution in [1.29, 1.82) is 0 Å². The van der Waals surface area contributed by atoms with E-state index in [0.29, 0.717) is 5.92 Å². The predicted molar refractivity (Wildman–Crippen MR) is 83.2 cm³/mol. The van der Waals surface area contributed by atoms with Crippen LogP contribution in [0, 0.1) is 12.8 Å². The summed E-state index contributed by atoms with van der Waals surface area (Å²) in [5.74, 6) is 0.690. The molecule has 20 heavy (non-hydrogen) atoms. The van der Waals surface area contributed by atoms with Crippen LogP contribution < -0.4 is 10.2 Å². The molecule has 1 heterocycles. The summed E-state index contributed by atoms with van der Waals surface area (Å²) in [7, 11) is 1.80. The molecule has 2 fully saturated rings. The van der Waals surface area contributed by atoms with Gasteiger partial charge in [0.2, 0.25) is 0 Å². The maximum Gasteiger partial charge on any atom is 0.0508 e. The van der Waals surface area contributed by atoms with Gasteiger partial charge in [-0.15, -0.1) is 0 Å². The van der Waals surface area contributed by atoms with Crippen molar-refractivity contribution >= 4 is 5.69 Å². The lowest BCUT2D eigenvalue weighted by Gasteiger charge is -2.21. The van der Waals surface area contributed by atoms with Crippen molar-refractivity contribution in [2.24, 2.45) is 5.92 Å². The zero-order valence-corrected chi connectivity index (χ0v) is 12.7. The quantitative estimate of drug-likeness (QED) is 0.863. The number of hydrogen-bond acceptors (Lipinski definition) is 3. The summed E-state index contributed by atoms with van der Waals surface area (Å²) in [4.78, 5) is 2.51. The summed E-state index contributed by atoms with van der Waals surface area (Å²) in [5.41, 5.74) is 4.21. The number of benzene rings is 1. The Morgan fingerprint density at radius 3 is 2.85 bits per heavy atom. The topological polar surface area (TPSA) is 24.5 Å². The molecule has 0 amide bonds. The van der Waals surface area contributed by atoms with E-state index in [1.165, 1.54) is 36.1 Å². The Labute approximate surface area is 122 Å². The third kappa shape index (κ3) is 3.33. The second-order valence-corrected chi connectivity index (χ2v) is 6.33. The van der Waals surface area contributed by atoms with Gasteiger partial charge in [-0.05, 0) is 43.4 Å². The highest BCUT2D eigenvalue weighted by molar-refractivity contribution is 5.55. The molecule has 1 aliphatic carbocycles. The van der Waals surface area contributed by atoms with E-state index in [9.17, 15) is 0 Å². The van der Waals surface area contributed by atoms with Crippen LogP contribution in [0.3, 0.4) is 0 Å². The average Bonchev–Trinajstić information content (AvgIpc) is 3.16. The molecule has 0 spiro atoms. The highest BCUT2D eigenvalue weighted by Crippen LogP contribution is 2.28.